The van der Waals surface area contributed by atoms with E-state index in [1.807, 2.05) is 15.2 Å². The van der Waals surface area contributed by atoms with Crippen LogP contribution in [0.2, 0.25) is 0 Å². The summed E-state index contributed by atoms with van der Waals surface area (Å²) in [4.78, 5) is 30.4. The summed E-state index contributed by atoms with van der Waals surface area (Å²) in [6, 6.07) is 0. The van der Waals surface area contributed by atoms with Gasteiger partial charge in [-0.15, -0.1) is 0 Å². The molecule has 314 valence electrons. The maximum Gasteiger partial charge on any atom is 0.0711 e. The molecule has 0 bridgehead atoms. The largest absolute Gasteiger partial charge is 0.396 e. The summed E-state index contributed by atoms with van der Waals surface area (Å²) in [7, 11) is 0. The van der Waals surface area contributed by atoms with Crippen molar-refractivity contribution < 1.29 is 59.6 Å². The highest BCUT2D eigenvalue weighted by Gasteiger charge is 2.16. The van der Waals surface area contributed by atoms with Crippen LogP contribution in [-0.4, -0.2) is 183 Å². The standard InChI is InChI=1S/C36H78N4O12/c41-24-6-1-11-31-48-37(19-20-39(23-36-47-30-16-29-46)50-33-13-3-8-26-43)17-18-38(49-32-12-2-7-25-42)21-22-40(51-34-14-4-9-27-44)52-35-15-5-10-28-45/h41-46H,1-36H2. The first-order valence-corrected chi connectivity index (χ1v) is 20.0. The number of aliphatic hydroxyl groups is 6. The fourth-order valence-electron chi connectivity index (χ4n) is 4.83. The number of hydrogen-bond acceptors (Lipinski definition) is 16. The van der Waals surface area contributed by atoms with Crippen molar-refractivity contribution in [2.45, 2.75) is 103 Å². The third kappa shape index (κ3) is 36.3. The van der Waals surface area contributed by atoms with Crippen molar-refractivity contribution in [3.63, 3.8) is 0 Å². The molecule has 0 saturated heterocycles. The summed E-state index contributed by atoms with van der Waals surface area (Å²) < 4.78 is 5.67. The molecule has 0 aliphatic heterocycles. The maximum atomic E-state index is 9.20. The molecule has 0 fully saturated rings. The van der Waals surface area contributed by atoms with Crippen LogP contribution >= 0.6 is 0 Å². The highest BCUT2D eigenvalue weighted by atomic mass is 16.9. The molecule has 16 nitrogen and oxygen atoms in total. The van der Waals surface area contributed by atoms with Crippen molar-refractivity contribution in [3.05, 3.63) is 0 Å². The van der Waals surface area contributed by atoms with Gasteiger partial charge < -0.3 is 35.4 Å². The van der Waals surface area contributed by atoms with Crippen LogP contribution in [-0.2, 0) is 28.9 Å². The van der Waals surface area contributed by atoms with Crippen molar-refractivity contribution in [1.29, 1.82) is 0 Å². The Hall–Kier alpha value is -0.640. The molecule has 6 N–H and O–H groups in total. The zero-order chi connectivity index (χ0) is 38.0. The number of rotatable bonds is 45. The van der Waals surface area contributed by atoms with Gasteiger partial charge in [-0.1, -0.05) is 5.23 Å². The number of aliphatic hydroxyl groups excluding tert-OH is 6. The van der Waals surface area contributed by atoms with E-state index in [0.717, 1.165) is 96.3 Å². The molecule has 0 aliphatic rings. The minimum atomic E-state index is 0.0913. The smallest absolute Gasteiger partial charge is 0.0711 e. The SMILES string of the molecule is OCCCCCON(CCOCCCO)CCN(CCN(CCN(OCCCCCO)OCCCCCO)OCCCCCO)OCCCCCO. The van der Waals surface area contributed by atoms with Crippen LogP contribution in [0.3, 0.4) is 0 Å². The Morgan fingerprint density at radius 1 is 0.250 bits per heavy atom. The molecule has 0 heterocycles. The van der Waals surface area contributed by atoms with E-state index in [4.69, 9.17) is 49.4 Å². The van der Waals surface area contributed by atoms with E-state index in [1.54, 1.807) is 0 Å². The van der Waals surface area contributed by atoms with Crippen LogP contribution in [0.25, 0.3) is 0 Å². The van der Waals surface area contributed by atoms with E-state index < -0.39 is 0 Å². The zero-order valence-electron chi connectivity index (χ0n) is 32.4. The predicted octanol–water partition coefficient (Wildman–Crippen LogP) is 2.06. The zero-order valence-corrected chi connectivity index (χ0v) is 32.4. The van der Waals surface area contributed by atoms with Gasteiger partial charge in [0, 0.05) is 85.5 Å². The lowest BCUT2D eigenvalue weighted by Gasteiger charge is -2.30. The fraction of sp³-hybridized carbons (Fsp3) is 1.00. The van der Waals surface area contributed by atoms with Crippen LogP contribution < -0.4 is 0 Å². The molecule has 0 saturated carbocycles. The first-order chi connectivity index (χ1) is 25.6. The summed E-state index contributed by atoms with van der Waals surface area (Å²) in [6.07, 6.45) is 12.7. The van der Waals surface area contributed by atoms with Crippen LogP contribution in [0, 0.1) is 0 Å². The third-order valence-corrected chi connectivity index (χ3v) is 7.97. The normalized spacial score (nSPS) is 12.1. The topological polar surface area (TPSA) is 190 Å². The van der Waals surface area contributed by atoms with Gasteiger partial charge in [0.25, 0.3) is 0 Å². The molecule has 0 atom stereocenters. The number of hydroxylamine groups is 8. The molecule has 0 aromatic heterocycles. The average Bonchev–Trinajstić information content (AvgIpc) is 3.15. The van der Waals surface area contributed by atoms with Crippen molar-refractivity contribution in [3.8, 4) is 0 Å². The van der Waals surface area contributed by atoms with Crippen LogP contribution in [0.15, 0.2) is 0 Å². The van der Waals surface area contributed by atoms with E-state index in [2.05, 4.69) is 0 Å². The van der Waals surface area contributed by atoms with E-state index in [-0.39, 0.29) is 39.6 Å². The van der Waals surface area contributed by atoms with E-state index in [1.165, 1.54) is 5.23 Å². The lowest BCUT2D eigenvalue weighted by Crippen LogP contribution is -2.42. The number of hydrogen-bond donors (Lipinski definition) is 6. The molecule has 16 heteroatoms. The number of unbranched alkanes of at least 4 members (excludes halogenated alkanes) is 10. The summed E-state index contributed by atoms with van der Waals surface area (Å²) in [5.74, 6) is 0. The lowest BCUT2D eigenvalue weighted by atomic mass is 10.2. The van der Waals surface area contributed by atoms with Gasteiger partial charge in [0.1, 0.15) is 0 Å². The van der Waals surface area contributed by atoms with E-state index in [0.29, 0.717) is 98.5 Å². The maximum absolute atomic E-state index is 9.20. The van der Waals surface area contributed by atoms with Crippen LogP contribution in [0.4, 0.5) is 0 Å². The van der Waals surface area contributed by atoms with Gasteiger partial charge in [0.05, 0.1) is 46.2 Å². The molecule has 0 aromatic carbocycles. The molecule has 0 aliphatic carbocycles. The molecule has 0 amide bonds. The lowest BCUT2D eigenvalue weighted by molar-refractivity contribution is -0.372. The molecule has 0 radical (unpaired) electrons. The summed E-state index contributed by atoms with van der Waals surface area (Å²) in [5, 5.41) is 62.0. The predicted molar refractivity (Wildman–Crippen MR) is 198 cm³/mol. The Kier molecular flexibility index (Phi) is 42.6. The van der Waals surface area contributed by atoms with Gasteiger partial charge in [-0.3, -0.25) is 24.2 Å². The number of ether oxygens (including phenoxy) is 1. The average molecular weight is 759 g/mol. The molecule has 0 spiro atoms. The summed E-state index contributed by atoms with van der Waals surface area (Å²) >= 11 is 0. The van der Waals surface area contributed by atoms with E-state index in [9.17, 15) is 10.2 Å². The van der Waals surface area contributed by atoms with Crippen molar-refractivity contribution in [2.75, 3.05) is 132 Å². The Bertz CT molecular complexity index is 599. The monoisotopic (exact) mass is 759 g/mol. The Labute approximate surface area is 314 Å². The molecule has 0 aromatic rings. The summed E-state index contributed by atoms with van der Waals surface area (Å²) in [5.41, 5.74) is 0. The number of nitrogens with zero attached hydrogens (tertiary/aromatic N) is 4. The molecule has 0 rings (SSSR count). The Morgan fingerprint density at radius 3 is 0.904 bits per heavy atom. The highest BCUT2D eigenvalue weighted by Crippen LogP contribution is 2.07. The second-order valence-electron chi connectivity index (χ2n) is 12.6. The molecule has 52 heavy (non-hydrogen) atoms. The Morgan fingerprint density at radius 2 is 0.558 bits per heavy atom. The van der Waals surface area contributed by atoms with E-state index >= 15 is 0 Å². The van der Waals surface area contributed by atoms with Gasteiger partial charge in [-0.25, -0.2) is 0 Å². The van der Waals surface area contributed by atoms with Gasteiger partial charge in [0.2, 0.25) is 0 Å². The molecular formula is C36H78N4O12. The van der Waals surface area contributed by atoms with Crippen molar-refractivity contribution in [1.82, 2.24) is 20.4 Å². The Balaban J connectivity index is 5.47. The fourth-order valence-corrected chi connectivity index (χ4v) is 4.83. The van der Waals surface area contributed by atoms with Crippen molar-refractivity contribution in [2.24, 2.45) is 0 Å². The molecule has 0 unspecified atom stereocenters. The molecular weight excluding hydrogens is 680 g/mol. The van der Waals surface area contributed by atoms with Gasteiger partial charge in [-0.2, -0.15) is 15.2 Å². The van der Waals surface area contributed by atoms with Crippen LogP contribution in [0.1, 0.15) is 103 Å². The third-order valence-electron chi connectivity index (χ3n) is 7.97. The minimum Gasteiger partial charge on any atom is -0.396 e. The van der Waals surface area contributed by atoms with Crippen LogP contribution in [0.5, 0.6) is 0 Å². The van der Waals surface area contributed by atoms with Gasteiger partial charge in [-0.05, 0) is 103 Å². The first kappa shape index (κ1) is 51.4. The van der Waals surface area contributed by atoms with Gasteiger partial charge >= 0.3 is 0 Å². The quantitative estimate of drug-likeness (QED) is 0.0391. The van der Waals surface area contributed by atoms with Crippen molar-refractivity contribution >= 4 is 0 Å². The minimum absolute atomic E-state index is 0.0913. The second kappa shape index (κ2) is 43.1. The highest BCUT2D eigenvalue weighted by molar-refractivity contribution is 4.58. The van der Waals surface area contributed by atoms with Gasteiger partial charge in [0.15, 0.2) is 0 Å². The second-order valence-corrected chi connectivity index (χ2v) is 12.6. The summed E-state index contributed by atoms with van der Waals surface area (Å²) in [6.45, 7) is 8.15. The first-order valence-electron chi connectivity index (χ1n) is 20.0.